The van der Waals surface area contributed by atoms with Gasteiger partial charge in [-0.2, -0.15) is 0 Å². The van der Waals surface area contributed by atoms with E-state index >= 15 is 0 Å². The average Bonchev–Trinajstić information content (AvgIpc) is 2.49. The number of hydrogen-bond donors (Lipinski definition) is 1. The van der Waals surface area contributed by atoms with Crippen LogP contribution in [0.3, 0.4) is 0 Å². The van der Waals surface area contributed by atoms with Crippen molar-refractivity contribution >= 4 is 0 Å². The molecule has 1 unspecified atom stereocenters. The molecule has 2 N–H and O–H groups in total. The molecule has 0 radical (unpaired) electrons. The summed E-state index contributed by atoms with van der Waals surface area (Å²) < 4.78 is 2.20. The third-order valence-electron chi connectivity index (χ3n) is 3.17. The van der Waals surface area contributed by atoms with E-state index < -0.39 is 0 Å². The van der Waals surface area contributed by atoms with Crippen molar-refractivity contribution in [3.8, 4) is 0 Å². The van der Waals surface area contributed by atoms with Crippen molar-refractivity contribution < 1.29 is 0 Å². The largest absolute Gasteiger partial charge is 0.334 e. The second-order valence-electron chi connectivity index (χ2n) is 4.20. The first-order chi connectivity index (χ1) is 6.83. The Balaban J connectivity index is 2.09. The molecule has 1 saturated carbocycles. The lowest BCUT2D eigenvalue weighted by atomic mass is 9.80. The van der Waals surface area contributed by atoms with Gasteiger partial charge in [0.2, 0.25) is 0 Å². The Kier molecular flexibility index (Phi) is 2.87. The van der Waals surface area contributed by atoms with Crippen molar-refractivity contribution in [1.29, 1.82) is 0 Å². The Morgan fingerprint density at radius 2 is 2.43 bits per heavy atom. The molecule has 1 aromatic heterocycles. The Labute approximate surface area is 85.3 Å². The van der Waals surface area contributed by atoms with Crippen molar-refractivity contribution in [1.82, 2.24) is 9.55 Å². The summed E-state index contributed by atoms with van der Waals surface area (Å²) in [5.41, 5.74) is 6.19. The van der Waals surface area contributed by atoms with E-state index in [1.807, 2.05) is 12.4 Å². The van der Waals surface area contributed by atoms with Crippen molar-refractivity contribution in [3.63, 3.8) is 0 Å². The third-order valence-corrected chi connectivity index (χ3v) is 3.17. The monoisotopic (exact) mass is 193 g/mol. The van der Waals surface area contributed by atoms with Gasteiger partial charge >= 0.3 is 0 Å². The first-order valence-corrected chi connectivity index (χ1v) is 5.59. The Hall–Kier alpha value is -0.830. The van der Waals surface area contributed by atoms with Crippen molar-refractivity contribution in [2.45, 2.75) is 45.2 Å². The van der Waals surface area contributed by atoms with E-state index in [4.69, 9.17) is 5.73 Å². The smallest absolute Gasteiger partial charge is 0.125 e. The van der Waals surface area contributed by atoms with Gasteiger partial charge in [0.1, 0.15) is 5.82 Å². The van der Waals surface area contributed by atoms with Crippen LogP contribution in [0.2, 0.25) is 0 Å². The number of aromatic nitrogens is 2. The number of imidazole rings is 1. The van der Waals surface area contributed by atoms with Crippen LogP contribution >= 0.6 is 0 Å². The van der Waals surface area contributed by atoms with Gasteiger partial charge in [0.05, 0.1) is 6.04 Å². The molecule has 0 bridgehead atoms. The maximum absolute atomic E-state index is 6.19. The number of rotatable bonds is 4. The zero-order valence-electron chi connectivity index (χ0n) is 8.82. The fourth-order valence-corrected chi connectivity index (χ4v) is 2.06. The molecule has 3 nitrogen and oxygen atoms in total. The molecule has 0 amide bonds. The van der Waals surface area contributed by atoms with Crippen LogP contribution in [0.1, 0.15) is 44.5 Å². The summed E-state index contributed by atoms with van der Waals surface area (Å²) in [6, 6.07) is 0.158. The van der Waals surface area contributed by atoms with Crippen molar-refractivity contribution in [2.75, 3.05) is 0 Å². The fourth-order valence-electron chi connectivity index (χ4n) is 2.06. The summed E-state index contributed by atoms with van der Waals surface area (Å²) >= 11 is 0. The van der Waals surface area contributed by atoms with Crippen LogP contribution in [0, 0.1) is 5.92 Å². The van der Waals surface area contributed by atoms with Gasteiger partial charge in [-0.25, -0.2) is 4.98 Å². The minimum atomic E-state index is 0.158. The van der Waals surface area contributed by atoms with Crippen LogP contribution in [0.25, 0.3) is 0 Å². The van der Waals surface area contributed by atoms with Gasteiger partial charge in [-0.05, 0) is 25.2 Å². The van der Waals surface area contributed by atoms with Gasteiger partial charge in [-0.15, -0.1) is 0 Å². The van der Waals surface area contributed by atoms with E-state index in [0.29, 0.717) is 5.92 Å². The van der Waals surface area contributed by atoms with E-state index in [0.717, 1.165) is 18.8 Å². The second kappa shape index (κ2) is 4.13. The minimum absolute atomic E-state index is 0.158. The predicted octanol–water partition coefficient (Wildman–Crippen LogP) is 2.09. The highest BCUT2D eigenvalue weighted by Crippen LogP contribution is 2.35. The Morgan fingerprint density at radius 3 is 3.00 bits per heavy atom. The van der Waals surface area contributed by atoms with Gasteiger partial charge < -0.3 is 10.3 Å². The fraction of sp³-hybridized carbons (Fsp3) is 0.727. The summed E-state index contributed by atoms with van der Waals surface area (Å²) in [4.78, 5) is 4.38. The highest BCUT2D eigenvalue weighted by molar-refractivity contribution is 5.02. The van der Waals surface area contributed by atoms with Gasteiger partial charge in [-0.1, -0.05) is 13.3 Å². The molecule has 2 rings (SSSR count). The standard InChI is InChI=1S/C11H19N3/c1-2-7-14-8-6-13-11(14)10(12)9-4-3-5-9/h6,8-10H,2-5,7,12H2,1H3. The highest BCUT2D eigenvalue weighted by atomic mass is 15.1. The third kappa shape index (κ3) is 1.69. The molecule has 14 heavy (non-hydrogen) atoms. The number of hydrogen-bond acceptors (Lipinski definition) is 2. The van der Waals surface area contributed by atoms with Crippen LogP contribution in [-0.4, -0.2) is 9.55 Å². The SMILES string of the molecule is CCCn1ccnc1C(N)C1CCC1. The first kappa shape index (κ1) is 9.71. The molecule has 1 aromatic rings. The molecule has 3 heteroatoms. The second-order valence-corrected chi connectivity index (χ2v) is 4.20. The average molecular weight is 193 g/mol. The quantitative estimate of drug-likeness (QED) is 0.795. The van der Waals surface area contributed by atoms with Gasteiger partial charge in [0, 0.05) is 18.9 Å². The topological polar surface area (TPSA) is 43.8 Å². The molecular formula is C11H19N3. The lowest BCUT2D eigenvalue weighted by Gasteiger charge is -2.31. The molecule has 0 spiro atoms. The van der Waals surface area contributed by atoms with Gasteiger partial charge in [0.15, 0.2) is 0 Å². The lowest BCUT2D eigenvalue weighted by Crippen LogP contribution is -2.29. The first-order valence-electron chi connectivity index (χ1n) is 5.59. The number of aryl methyl sites for hydroxylation is 1. The van der Waals surface area contributed by atoms with Crippen LogP contribution in [0.4, 0.5) is 0 Å². The normalized spacial score (nSPS) is 19.3. The molecule has 0 aliphatic heterocycles. The maximum atomic E-state index is 6.19. The molecule has 1 heterocycles. The van der Waals surface area contributed by atoms with Crippen LogP contribution in [0.15, 0.2) is 12.4 Å². The van der Waals surface area contributed by atoms with E-state index in [2.05, 4.69) is 16.5 Å². The van der Waals surface area contributed by atoms with Gasteiger partial charge in [0.25, 0.3) is 0 Å². The molecule has 1 fully saturated rings. The van der Waals surface area contributed by atoms with E-state index in [1.54, 1.807) is 0 Å². The zero-order chi connectivity index (χ0) is 9.97. The van der Waals surface area contributed by atoms with Crippen molar-refractivity contribution in [3.05, 3.63) is 18.2 Å². The highest BCUT2D eigenvalue weighted by Gasteiger charge is 2.27. The molecular weight excluding hydrogens is 174 g/mol. The summed E-state index contributed by atoms with van der Waals surface area (Å²) in [5.74, 6) is 1.75. The maximum Gasteiger partial charge on any atom is 0.125 e. The van der Waals surface area contributed by atoms with Crippen molar-refractivity contribution in [2.24, 2.45) is 11.7 Å². The Bertz CT molecular complexity index is 288. The molecule has 0 aromatic carbocycles. The molecule has 1 atom stereocenters. The van der Waals surface area contributed by atoms with E-state index in [9.17, 15) is 0 Å². The predicted molar refractivity (Wildman–Crippen MR) is 56.8 cm³/mol. The zero-order valence-corrected chi connectivity index (χ0v) is 8.82. The van der Waals surface area contributed by atoms with Crippen LogP contribution in [-0.2, 0) is 6.54 Å². The molecule has 78 valence electrons. The summed E-state index contributed by atoms with van der Waals surface area (Å²) in [6.07, 6.45) is 8.94. The van der Waals surface area contributed by atoms with Gasteiger partial charge in [-0.3, -0.25) is 0 Å². The summed E-state index contributed by atoms with van der Waals surface area (Å²) in [5, 5.41) is 0. The number of nitrogens with zero attached hydrogens (tertiary/aromatic N) is 2. The molecule has 1 aliphatic carbocycles. The lowest BCUT2D eigenvalue weighted by molar-refractivity contribution is 0.253. The van der Waals surface area contributed by atoms with Crippen LogP contribution in [0.5, 0.6) is 0 Å². The minimum Gasteiger partial charge on any atom is -0.334 e. The van der Waals surface area contributed by atoms with E-state index in [-0.39, 0.29) is 6.04 Å². The Morgan fingerprint density at radius 1 is 1.64 bits per heavy atom. The molecule has 0 saturated heterocycles. The van der Waals surface area contributed by atoms with Crippen LogP contribution < -0.4 is 5.73 Å². The van der Waals surface area contributed by atoms with E-state index in [1.165, 1.54) is 19.3 Å². The summed E-state index contributed by atoms with van der Waals surface area (Å²) in [7, 11) is 0. The molecule has 1 aliphatic rings. The number of nitrogens with two attached hydrogens (primary N) is 1. The summed E-state index contributed by atoms with van der Waals surface area (Å²) in [6.45, 7) is 3.22.